The fraction of sp³-hybridized carbons (Fsp3) is 0.833. The van der Waals surface area contributed by atoms with Crippen LogP contribution in [-0.2, 0) is 38.1 Å². The van der Waals surface area contributed by atoms with E-state index in [9.17, 15) is 23.2 Å². The van der Waals surface area contributed by atoms with Crippen LogP contribution in [0.15, 0.2) is 0 Å². The maximum Gasteiger partial charge on any atom is 0.306 e. The van der Waals surface area contributed by atoms with Crippen molar-refractivity contribution in [2.24, 2.45) is 22.9 Å². The summed E-state index contributed by atoms with van der Waals surface area (Å²) in [5.41, 5.74) is 23.4. The largest absolute Gasteiger partial charge is 0.457 e. The van der Waals surface area contributed by atoms with E-state index in [1.807, 2.05) is 0 Å². The van der Waals surface area contributed by atoms with Crippen molar-refractivity contribution in [2.45, 2.75) is 88.0 Å². The Labute approximate surface area is 183 Å². The van der Waals surface area contributed by atoms with Gasteiger partial charge in [0.15, 0.2) is 24.6 Å². The summed E-state index contributed by atoms with van der Waals surface area (Å²) in [6.45, 7) is 2.74. The molecule has 0 aromatic rings. The molecule has 1 saturated heterocycles. The molecule has 1 heterocycles. The van der Waals surface area contributed by atoms with Gasteiger partial charge in [0.2, 0.25) is 0 Å². The average molecular weight is 468 g/mol. The molecule has 14 heteroatoms. The van der Waals surface area contributed by atoms with E-state index in [0.29, 0.717) is 0 Å². The van der Waals surface area contributed by atoms with Gasteiger partial charge in [-0.3, -0.25) is 14.4 Å². The molecule has 0 amide bonds. The highest BCUT2D eigenvalue weighted by atomic mass is 19.3. The Morgan fingerprint density at radius 2 is 1.41 bits per heavy atom. The van der Waals surface area contributed by atoms with Crippen molar-refractivity contribution < 1.29 is 46.8 Å². The molecular formula is C18H30F2N4O8. The van der Waals surface area contributed by atoms with Crippen molar-refractivity contribution >= 4 is 17.9 Å². The second kappa shape index (κ2) is 10.3. The lowest BCUT2D eigenvalue weighted by Crippen LogP contribution is -2.70. The Balaban J connectivity index is 2.33. The molecule has 0 radical (unpaired) electrons. The van der Waals surface area contributed by atoms with E-state index in [1.54, 1.807) is 0 Å². The number of rotatable bonds is 6. The molecular weight excluding hydrogens is 438 g/mol. The van der Waals surface area contributed by atoms with Gasteiger partial charge in [-0.05, 0) is 6.42 Å². The summed E-state index contributed by atoms with van der Waals surface area (Å²) in [7, 11) is 0. The van der Waals surface area contributed by atoms with Gasteiger partial charge in [-0.25, -0.2) is 8.78 Å². The van der Waals surface area contributed by atoms with Crippen LogP contribution in [0.5, 0.6) is 0 Å². The molecule has 0 unspecified atom stereocenters. The van der Waals surface area contributed by atoms with E-state index >= 15 is 0 Å². The second-order valence-corrected chi connectivity index (χ2v) is 7.82. The van der Waals surface area contributed by atoms with Gasteiger partial charge in [-0.15, -0.1) is 0 Å². The van der Waals surface area contributed by atoms with Crippen LogP contribution in [0, 0.1) is 0 Å². The standard InChI is InChI=1S/C18H30F2N4O8/c1-6(25)28-12-9(22)4-10(23)13(14(12)29-7(2)26)32-17-15(24)18(19,20)16(30-8(3)27)11(5-21)31-17/h9-17H,4-5,21-24H2,1-3H3/t9-,10+,11-,12+,13-,14-,15+,16-,17-/m1/s1. The number of nitrogens with two attached hydrogens (primary N) is 4. The minimum atomic E-state index is -3.78. The Bertz CT molecular complexity index is 714. The first-order valence-corrected chi connectivity index (χ1v) is 9.96. The van der Waals surface area contributed by atoms with Gasteiger partial charge in [0.05, 0.1) is 0 Å². The molecule has 0 bridgehead atoms. The molecule has 0 aromatic carbocycles. The summed E-state index contributed by atoms with van der Waals surface area (Å²) in [6.07, 6.45) is -8.94. The van der Waals surface area contributed by atoms with Crippen LogP contribution >= 0.6 is 0 Å². The first kappa shape index (κ1) is 26.3. The maximum absolute atomic E-state index is 15.0. The normalized spacial score (nSPS) is 39.1. The number of hydrogen-bond acceptors (Lipinski definition) is 12. The lowest BCUT2D eigenvalue weighted by Gasteiger charge is -2.48. The predicted octanol–water partition coefficient (Wildman–Crippen LogP) is -2.13. The van der Waals surface area contributed by atoms with Crippen LogP contribution in [0.3, 0.4) is 0 Å². The van der Waals surface area contributed by atoms with Gasteiger partial charge < -0.3 is 46.6 Å². The van der Waals surface area contributed by atoms with E-state index in [4.69, 9.17) is 46.6 Å². The average Bonchev–Trinajstić information content (AvgIpc) is 2.66. The topological polar surface area (TPSA) is 201 Å². The Morgan fingerprint density at radius 1 is 0.906 bits per heavy atom. The van der Waals surface area contributed by atoms with Crippen LogP contribution in [0.25, 0.3) is 0 Å². The molecule has 2 fully saturated rings. The van der Waals surface area contributed by atoms with Gasteiger partial charge in [-0.1, -0.05) is 0 Å². The number of carbonyl (C=O) groups is 3. The third kappa shape index (κ3) is 5.68. The SMILES string of the molecule is CC(=O)O[C@@H]1[C@@H](OC(C)=O)[C@H](N)C[C@H](N)[C@H]1O[C@H]1O[C@H](CN)[C@@H](OC(C)=O)C(F)(F)[C@H]1N. The van der Waals surface area contributed by atoms with Gasteiger partial charge in [0, 0.05) is 39.4 Å². The summed E-state index contributed by atoms with van der Waals surface area (Å²) in [5.74, 6) is -6.22. The summed E-state index contributed by atoms with van der Waals surface area (Å²) in [6, 6.07) is -3.82. The second-order valence-electron chi connectivity index (χ2n) is 7.82. The lowest BCUT2D eigenvalue weighted by atomic mass is 9.84. The van der Waals surface area contributed by atoms with Crippen molar-refractivity contribution in [3.63, 3.8) is 0 Å². The molecule has 184 valence electrons. The minimum absolute atomic E-state index is 0.0507. The highest BCUT2D eigenvalue weighted by Crippen LogP contribution is 2.37. The van der Waals surface area contributed by atoms with Crippen molar-refractivity contribution in [3.05, 3.63) is 0 Å². The number of carbonyl (C=O) groups excluding carboxylic acids is 3. The molecule has 1 saturated carbocycles. The number of alkyl halides is 2. The zero-order chi connectivity index (χ0) is 24.4. The van der Waals surface area contributed by atoms with Gasteiger partial charge >= 0.3 is 23.8 Å². The molecule has 0 aromatic heterocycles. The zero-order valence-electron chi connectivity index (χ0n) is 17.9. The number of esters is 3. The van der Waals surface area contributed by atoms with Crippen LogP contribution in [0.4, 0.5) is 8.78 Å². The smallest absolute Gasteiger partial charge is 0.306 e. The quantitative estimate of drug-likeness (QED) is 0.244. The fourth-order valence-electron chi connectivity index (χ4n) is 3.84. The first-order chi connectivity index (χ1) is 14.8. The van der Waals surface area contributed by atoms with E-state index in [0.717, 1.165) is 20.8 Å². The van der Waals surface area contributed by atoms with Crippen LogP contribution in [-0.4, -0.2) is 85.3 Å². The van der Waals surface area contributed by atoms with E-state index in [-0.39, 0.29) is 6.42 Å². The number of halogens is 2. The van der Waals surface area contributed by atoms with E-state index < -0.39 is 85.3 Å². The zero-order valence-corrected chi connectivity index (χ0v) is 17.9. The summed E-state index contributed by atoms with van der Waals surface area (Å²) in [5, 5.41) is 0. The number of ether oxygens (including phenoxy) is 5. The van der Waals surface area contributed by atoms with Crippen LogP contribution in [0.2, 0.25) is 0 Å². The maximum atomic E-state index is 15.0. The van der Waals surface area contributed by atoms with E-state index in [1.165, 1.54) is 0 Å². The van der Waals surface area contributed by atoms with Crippen molar-refractivity contribution in [3.8, 4) is 0 Å². The van der Waals surface area contributed by atoms with E-state index in [2.05, 4.69) is 0 Å². The molecule has 32 heavy (non-hydrogen) atoms. The third-order valence-corrected chi connectivity index (χ3v) is 5.22. The van der Waals surface area contributed by atoms with Crippen molar-refractivity contribution in [1.82, 2.24) is 0 Å². The molecule has 8 N–H and O–H groups in total. The molecule has 1 aliphatic heterocycles. The summed E-state index contributed by atoms with van der Waals surface area (Å²) in [4.78, 5) is 34.5. The summed E-state index contributed by atoms with van der Waals surface area (Å²) < 4.78 is 56.2. The summed E-state index contributed by atoms with van der Waals surface area (Å²) >= 11 is 0. The third-order valence-electron chi connectivity index (χ3n) is 5.22. The molecule has 1 aliphatic carbocycles. The van der Waals surface area contributed by atoms with Crippen LogP contribution < -0.4 is 22.9 Å². The van der Waals surface area contributed by atoms with Crippen molar-refractivity contribution in [2.75, 3.05) is 6.54 Å². The predicted molar refractivity (Wildman–Crippen MR) is 103 cm³/mol. The first-order valence-electron chi connectivity index (χ1n) is 9.96. The fourth-order valence-corrected chi connectivity index (χ4v) is 3.84. The Kier molecular flexibility index (Phi) is 8.47. The lowest BCUT2D eigenvalue weighted by molar-refractivity contribution is -0.323. The Morgan fingerprint density at radius 3 is 1.91 bits per heavy atom. The van der Waals surface area contributed by atoms with Gasteiger partial charge in [0.1, 0.15) is 18.2 Å². The number of hydrogen-bond donors (Lipinski definition) is 4. The van der Waals surface area contributed by atoms with Gasteiger partial charge in [0.25, 0.3) is 0 Å². The van der Waals surface area contributed by atoms with Crippen LogP contribution in [0.1, 0.15) is 27.2 Å². The highest BCUT2D eigenvalue weighted by Gasteiger charge is 2.61. The molecule has 2 rings (SSSR count). The minimum Gasteiger partial charge on any atom is -0.457 e. The molecule has 2 aliphatic rings. The Hall–Kier alpha value is -1.97. The monoisotopic (exact) mass is 468 g/mol. The highest BCUT2D eigenvalue weighted by molar-refractivity contribution is 5.67. The molecule has 12 nitrogen and oxygen atoms in total. The van der Waals surface area contributed by atoms with Crippen molar-refractivity contribution in [1.29, 1.82) is 0 Å². The van der Waals surface area contributed by atoms with Gasteiger partial charge in [-0.2, -0.15) is 0 Å². The molecule has 0 spiro atoms. The molecule has 9 atom stereocenters.